The van der Waals surface area contributed by atoms with Crippen LogP contribution in [0.5, 0.6) is 0 Å². The molecule has 0 N–H and O–H groups in total. The first-order valence-electron chi connectivity index (χ1n) is 7.83. The lowest BCUT2D eigenvalue weighted by Crippen LogP contribution is -2.21. The molecule has 1 aliphatic carbocycles. The van der Waals surface area contributed by atoms with Gasteiger partial charge in [-0.1, -0.05) is 31.4 Å². The average Bonchev–Trinajstić information content (AvgIpc) is 2.86. The summed E-state index contributed by atoms with van der Waals surface area (Å²) >= 11 is 5.97. The average molecular weight is 291 g/mol. The number of aryl methyl sites for hydroxylation is 1. The first-order valence-corrected chi connectivity index (χ1v) is 8.36. The lowest BCUT2D eigenvalue weighted by Gasteiger charge is -2.30. The lowest BCUT2D eigenvalue weighted by atomic mass is 9.84. The van der Waals surface area contributed by atoms with Crippen molar-refractivity contribution in [3.63, 3.8) is 0 Å². The molecule has 2 aromatic rings. The van der Waals surface area contributed by atoms with Gasteiger partial charge in [0, 0.05) is 18.3 Å². The second-order valence-electron chi connectivity index (χ2n) is 5.96. The van der Waals surface area contributed by atoms with E-state index in [1.54, 1.807) is 0 Å². The minimum absolute atomic E-state index is 0.529. The molecule has 20 heavy (non-hydrogen) atoms. The van der Waals surface area contributed by atoms with Gasteiger partial charge in [-0.15, -0.1) is 11.6 Å². The molecular formula is C17H23ClN2. The van der Waals surface area contributed by atoms with Crippen LogP contribution < -0.4 is 0 Å². The molecule has 0 radical (unpaired) electrons. The summed E-state index contributed by atoms with van der Waals surface area (Å²) in [4.78, 5) is 4.80. The van der Waals surface area contributed by atoms with Crippen LogP contribution in [-0.4, -0.2) is 15.4 Å². The Morgan fingerprint density at radius 3 is 2.75 bits per heavy atom. The molecule has 1 aromatic heterocycles. The molecule has 108 valence electrons. The molecule has 1 atom stereocenters. The van der Waals surface area contributed by atoms with Gasteiger partial charge in [-0.2, -0.15) is 0 Å². The third-order valence-electron chi connectivity index (χ3n) is 4.73. The number of imidazole rings is 1. The van der Waals surface area contributed by atoms with E-state index >= 15 is 0 Å². The summed E-state index contributed by atoms with van der Waals surface area (Å²) in [6.45, 7) is 2.36. The third-order valence-corrected chi connectivity index (χ3v) is 4.92. The second kappa shape index (κ2) is 6.17. The van der Waals surface area contributed by atoms with Crippen molar-refractivity contribution in [3.8, 4) is 0 Å². The Morgan fingerprint density at radius 2 is 2.00 bits per heavy atom. The number of halogens is 1. The summed E-state index contributed by atoms with van der Waals surface area (Å²) in [5.41, 5.74) is 2.38. The maximum absolute atomic E-state index is 5.97. The van der Waals surface area contributed by atoms with E-state index in [4.69, 9.17) is 16.6 Å². The number of hydrogen-bond acceptors (Lipinski definition) is 1. The van der Waals surface area contributed by atoms with Gasteiger partial charge in [0.2, 0.25) is 0 Å². The van der Waals surface area contributed by atoms with Crippen LogP contribution >= 0.6 is 11.6 Å². The molecule has 0 aliphatic heterocycles. The minimum atomic E-state index is 0.529. The van der Waals surface area contributed by atoms with Crippen molar-refractivity contribution in [1.29, 1.82) is 0 Å². The number of para-hydroxylation sites is 2. The molecule has 1 saturated carbocycles. The summed E-state index contributed by atoms with van der Waals surface area (Å²) in [7, 11) is 0. The maximum Gasteiger partial charge on any atom is 0.111 e. The topological polar surface area (TPSA) is 17.8 Å². The maximum atomic E-state index is 5.97. The number of nitrogens with zero attached hydrogens (tertiary/aromatic N) is 2. The van der Waals surface area contributed by atoms with Crippen LogP contribution in [0.4, 0.5) is 0 Å². The van der Waals surface area contributed by atoms with Crippen LogP contribution in [0.1, 0.15) is 50.9 Å². The fourth-order valence-corrected chi connectivity index (χ4v) is 3.81. The van der Waals surface area contributed by atoms with Crippen molar-refractivity contribution in [3.05, 3.63) is 30.1 Å². The van der Waals surface area contributed by atoms with E-state index in [9.17, 15) is 0 Å². The third kappa shape index (κ3) is 2.58. The van der Waals surface area contributed by atoms with Crippen LogP contribution in [0.15, 0.2) is 24.3 Å². The van der Waals surface area contributed by atoms with Crippen LogP contribution in [-0.2, 0) is 6.42 Å². The molecule has 2 nitrogen and oxygen atoms in total. The summed E-state index contributed by atoms with van der Waals surface area (Å²) in [6, 6.07) is 9.01. The van der Waals surface area contributed by atoms with Gasteiger partial charge >= 0.3 is 0 Å². The predicted octanol–water partition coefficient (Wildman–Crippen LogP) is 4.96. The molecule has 3 heteroatoms. The summed E-state index contributed by atoms with van der Waals surface area (Å²) in [6.07, 6.45) is 7.73. The fourth-order valence-electron chi connectivity index (χ4n) is 3.64. The van der Waals surface area contributed by atoms with Gasteiger partial charge in [-0.05, 0) is 37.8 Å². The number of hydrogen-bond donors (Lipinski definition) is 0. The summed E-state index contributed by atoms with van der Waals surface area (Å²) in [5, 5.41) is 0. The lowest BCUT2D eigenvalue weighted by molar-refractivity contribution is 0.264. The van der Waals surface area contributed by atoms with E-state index in [1.807, 2.05) is 0 Å². The zero-order chi connectivity index (χ0) is 13.9. The van der Waals surface area contributed by atoms with Gasteiger partial charge in [0.15, 0.2) is 0 Å². The summed E-state index contributed by atoms with van der Waals surface area (Å²) < 4.78 is 2.45. The van der Waals surface area contributed by atoms with Gasteiger partial charge in [0.05, 0.1) is 11.0 Å². The highest BCUT2D eigenvalue weighted by molar-refractivity contribution is 6.17. The van der Waals surface area contributed by atoms with Crippen molar-refractivity contribution in [2.24, 2.45) is 5.92 Å². The second-order valence-corrected chi connectivity index (χ2v) is 6.34. The molecule has 1 aromatic carbocycles. The van der Waals surface area contributed by atoms with Crippen molar-refractivity contribution in [2.75, 3.05) is 5.88 Å². The number of alkyl halides is 1. The predicted molar refractivity (Wildman–Crippen MR) is 85.4 cm³/mol. The number of aromatic nitrogens is 2. The standard InChI is InChI=1S/C17H23ClN2/c1-13(14-7-3-2-4-8-14)20-16-10-6-5-9-15(16)19-17(20)11-12-18/h5-6,9-10,13-14H,2-4,7-8,11-12H2,1H3. The number of rotatable bonds is 4. The highest BCUT2D eigenvalue weighted by Crippen LogP contribution is 2.35. The van der Waals surface area contributed by atoms with Crippen LogP contribution in [0.25, 0.3) is 11.0 Å². The van der Waals surface area contributed by atoms with E-state index in [-0.39, 0.29) is 0 Å². The SMILES string of the molecule is CC(C1CCCCC1)n1c(CCCl)nc2ccccc21. The van der Waals surface area contributed by atoms with Crippen molar-refractivity contribution in [2.45, 2.75) is 51.5 Å². The minimum Gasteiger partial charge on any atom is -0.325 e. The van der Waals surface area contributed by atoms with E-state index < -0.39 is 0 Å². The summed E-state index contributed by atoms with van der Waals surface area (Å²) in [5.74, 6) is 2.58. The zero-order valence-electron chi connectivity index (χ0n) is 12.2. The van der Waals surface area contributed by atoms with E-state index in [2.05, 4.69) is 35.8 Å². The Labute approximate surface area is 126 Å². The zero-order valence-corrected chi connectivity index (χ0v) is 12.9. The van der Waals surface area contributed by atoms with Gasteiger partial charge in [-0.25, -0.2) is 4.98 Å². The van der Waals surface area contributed by atoms with Gasteiger partial charge in [0.1, 0.15) is 5.82 Å². The molecule has 1 aliphatic rings. The number of benzene rings is 1. The normalized spacial score (nSPS) is 18.5. The highest BCUT2D eigenvalue weighted by Gasteiger charge is 2.24. The molecule has 1 heterocycles. The molecule has 3 rings (SSSR count). The molecular weight excluding hydrogens is 268 g/mol. The molecule has 0 amide bonds. The Balaban J connectivity index is 2.00. The van der Waals surface area contributed by atoms with Crippen LogP contribution in [0, 0.1) is 5.92 Å². The van der Waals surface area contributed by atoms with Gasteiger partial charge in [-0.3, -0.25) is 0 Å². The number of fused-ring (bicyclic) bond motifs is 1. The first-order chi connectivity index (χ1) is 9.81. The molecule has 0 bridgehead atoms. The largest absolute Gasteiger partial charge is 0.325 e. The van der Waals surface area contributed by atoms with Crippen molar-refractivity contribution < 1.29 is 0 Å². The van der Waals surface area contributed by atoms with Gasteiger partial charge < -0.3 is 4.57 Å². The monoisotopic (exact) mass is 290 g/mol. The fraction of sp³-hybridized carbons (Fsp3) is 0.588. The Kier molecular flexibility index (Phi) is 4.30. The molecule has 0 saturated heterocycles. The Morgan fingerprint density at radius 1 is 1.25 bits per heavy atom. The smallest absolute Gasteiger partial charge is 0.111 e. The van der Waals surface area contributed by atoms with E-state index in [0.717, 1.165) is 23.7 Å². The van der Waals surface area contributed by atoms with E-state index in [1.165, 1.54) is 37.6 Å². The van der Waals surface area contributed by atoms with Crippen LogP contribution in [0.2, 0.25) is 0 Å². The Hall–Kier alpha value is -1.02. The van der Waals surface area contributed by atoms with Crippen LogP contribution in [0.3, 0.4) is 0 Å². The highest BCUT2D eigenvalue weighted by atomic mass is 35.5. The molecule has 0 spiro atoms. The Bertz CT molecular complexity index is 569. The van der Waals surface area contributed by atoms with Crippen molar-refractivity contribution in [1.82, 2.24) is 9.55 Å². The molecule has 1 fully saturated rings. The van der Waals surface area contributed by atoms with Gasteiger partial charge in [0.25, 0.3) is 0 Å². The molecule has 1 unspecified atom stereocenters. The quantitative estimate of drug-likeness (QED) is 0.728. The van der Waals surface area contributed by atoms with Crippen molar-refractivity contribution >= 4 is 22.6 Å². The van der Waals surface area contributed by atoms with E-state index in [0.29, 0.717) is 11.9 Å². The first kappa shape index (κ1) is 13.9.